The third-order valence-corrected chi connectivity index (χ3v) is 3.13. The molecule has 3 atom stereocenters. The van der Waals surface area contributed by atoms with Gasteiger partial charge >= 0.3 is 5.97 Å². The van der Waals surface area contributed by atoms with Crippen molar-refractivity contribution in [3.05, 3.63) is 48.0 Å². The first-order chi connectivity index (χ1) is 8.22. The van der Waals surface area contributed by atoms with Gasteiger partial charge in [-0.15, -0.1) is 0 Å². The molecule has 0 aromatic heterocycles. The molecule has 0 radical (unpaired) electrons. The first kappa shape index (κ1) is 11.9. The summed E-state index contributed by atoms with van der Waals surface area (Å²) in [4.78, 5) is 13.3. The lowest BCUT2D eigenvalue weighted by Crippen LogP contribution is -2.07. The number of ether oxygens (including phenoxy) is 1. The number of nitrogens with zero attached hydrogens (tertiary/aromatic N) is 1. The van der Waals surface area contributed by atoms with E-state index in [9.17, 15) is 4.79 Å². The van der Waals surface area contributed by atoms with E-state index in [1.807, 2.05) is 12.1 Å². The highest BCUT2D eigenvalue weighted by molar-refractivity contribution is 5.81. The molecule has 0 N–H and O–H groups in total. The van der Waals surface area contributed by atoms with Crippen LogP contribution < -0.4 is 0 Å². The van der Waals surface area contributed by atoms with Gasteiger partial charge < -0.3 is 4.74 Å². The summed E-state index contributed by atoms with van der Waals surface area (Å²) in [7, 11) is 1.39. The van der Waals surface area contributed by atoms with E-state index in [0.29, 0.717) is 12.1 Å². The number of carbonyl (C=O) groups excluding carboxylic acids is 1. The first-order valence-corrected chi connectivity index (χ1v) is 5.79. The van der Waals surface area contributed by atoms with Gasteiger partial charge in [-0.1, -0.05) is 36.4 Å². The second kappa shape index (κ2) is 5.15. The van der Waals surface area contributed by atoms with Crippen molar-refractivity contribution in [3.8, 4) is 0 Å². The lowest BCUT2D eigenvalue weighted by atomic mass is 10.1. The van der Waals surface area contributed by atoms with Gasteiger partial charge in [-0.25, -0.2) is 4.79 Å². The predicted molar refractivity (Wildman–Crippen MR) is 66.5 cm³/mol. The van der Waals surface area contributed by atoms with Crippen LogP contribution in [0.15, 0.2) is 42.5 Å². The Kier molecular flexibility index (Phi) is 3.59. The van der Waals surface area contributed by atoms with E-state index in [1.165, 1.54) is 18.7 Å². The largest absolute Gasteiger partial charge is 0.466 e. The lowest BCUT2D eigenvalue weighted by molar-refractivity contribution is -0.134. The summed E-state index contributed by atoms with van der Waals surface area (Å²) in [6, 6.07) is 11.1. The number of rotatable bonds is 4. The van der Waals surface area contributed by atoms with Crippen LogP contribution >= 0.6 is 0 Å². The molecule has 0 aliphatic carbocycles. The number of hydrogen-bond donors (Lipinski definition) is 0. The second-order valence-electron chi connectivity index (χ2n) is 4.23. The monoisotopic (exact) mass is 231 g/mol. The minimum Gasteiger partial charge on any atom is -0.466 e. The van der Waals surface area contributed by atoms with Crippen molar-refractivity contribution < 1.29 is 9.53 Å². The minimum atomic E-state index is -0.288. The van der Waals surface area contributed by atoms with Gasteiger partial charge in [0.2, 0.25) is 0 Å². The maximum atomic E-state index is 11.0. The molecule has 1 unspecified atom stereocenters. The minimum absolute atomic E-state index is 0.288. The van der Waals surface area contributed by atoms with Crippen LogP contribution in [-0.2, 0) is 9.53 Å². The van der Waals surface area contributed by atoms with Crippen molar-refractivity contribution in [2.24, 2.45) is 0 Å². The van der Waals surface area contributed by atoms with Gasteiger partial charge in [0.05, 0.1) is 7.11 Å². The molecule has 0 amide bonds. The lowest BCUT2D eigenvalue weighted by Gasteiger charge is -2.13. The van der Waals surface area contributed by atoms with E-state index >= 15 is 0 Å². The number of methoxy groups -OCH3 is 1. The second-order valence-corrected chi connectivity index (χ2v) is 4.23. The Hall–Kier alpha value is -1.61. The molecular weight excluding hydrogens is 214 g/mol. The summed E-state index contributed by atoms with van der Waals surface area (Å²) in [5.74, 6) is -0.288. The third-order valence-electron chi connectivity index (χ3n) is 3.13. The SMILES string of the molecule is COC(=O)/C=C/[C@@H]1CN1[C@@H](C)c1ccccc1. The van der Waals surface area contributed by atoms with Crippen LogP contribution in [0.25, 0.3) is 0 Å². The van der Waals surface area contributed by atoms with E-state index in [0.717, 1.165) is 6.54 Å². The van der Waals surface area contributed by atoms with Crippen molar-refractivity contribution in [2.75, 3.05) is 13.7 Å². The fraction of sp³-hybridized carbons (Fsp3) is 0.357. The van der Waals surface area contributed by atoms with E-state index < -0.39 is 0 Å². The Labute approximate surface area is 102 Å². The topological polar surface area (TPSA) is 29.3 Å². The molecule has 0 bridgehead atoms. The molecule has 1 fully saturated rings. The van der Waals surface area contributed by atoms with Gasteiger partial charge in [-0.3, -0.25) is 4.90 Å². The highest BCUT2D eigenvalue weighted by atomic mass is 16.5. The van der Waals surface area contributed by atoms with Crippen LogP contribution in [0, 0.1) is 0 Å². The van der Waals surface area contributed by atoms with Gasteiger partial charge in [-0.05, 0) is 12.5 Å². The maximum Gasteiger partial charge on any atom is 0.330 e. The van der Waals surface area contributed by atoms with E-state index in [2.05, 4.69) is 40.8 Å². The number of carbonyl (C=O) groups is 1. The van der Waals surface area contributed by atoms with Crippen LogP contribution in [0.3, 0.4) is 0 Å². The molecule has 2 rings (SSSR count). The molecule has 1 saturated heterocycles. The van der Waals surface area contributed by atoms with E-state index in [4.69, 9.17) is 0 Å². The molecule has 1 aromatic carbocycles. The zero-order chi connectivity index (χ0) is 12.3. The normalized spacial score (nSPS) is 24.6. The zero-order valence-electron chi connectivity index (χ0n) is 10.2. The van der Waals surface area contributed by atoms with E-state index in [-0.39, 0.29) is 5.97 Å². The fourth-order valence-corrected chi connectivity index (χ4v) is 1.97. The van der Waals surface area contributed by atoms with Crippen LogP contribution in [0.4, 0.5) is 0 Å². The highest BCUT2D eigenvalue weighted by Crippen LogP contribution is 2.32. The van der Waals surface area contributed by atoms with Crippen molar-refractivity contribution in [1.29, 1.82) is 0 Å². The molecule has 0 saturated carbocycles. The smallest absolute Gasteiger partial charge is 0.330 e. The Morgan fingerprint density at radius 3 is 2.82 bits per heavy atom. The molecular formula is C14H17NO2. The number of hydrogen-bond acceptors (Lipinski definition) is 3. The molecule has 3 nitrogen and oxygen atoms in total. The van der Waals surface area contributed by atoms with Crippen LogP contribution in [0.1, 0.15) is 18.5 Å². The van der Waals surface area contributed by atoms with Gasteiger partial charge in [0.25, 0.3) is 0 Å². The van der Waals surface area contributed by atoms with Gasteiger partial charge in [-0.2, -0.15) is 0 Å². The Morgan fingerprint density at radius 1 is 1.47 bits per heavy atom. The summed E-state index contributed by atoms with van der Waals surface area (Å²) in [6.07, 6.45) is 3.41. The Morgan fingerprint density at radius 2 is 2.18 bits per heavy atom. The summed E-state index contributed by atoms with van der Waals surface area (Å²) in [5.41, 5.74) is 1.31. The maximum absolute atomic E-state index is 11.0. The fourth-order valence-electron chi connectivity index (χ4n) is 1.97. The molecule has 17 heavy (non-hydrogen) atoms. The van der Waals surface area contributed by atoms with Crippen LogP contribution in [-0.4, -0.2) is 30.6 Å². The molecule has 1 aliphatic rings. The zero-order valence-corrected chi connectivity index (χ0v) is 10.2. The van der Waals surface area contributed by atoms with Crippen molar-refractivity contribution in [2.45, 2.75) is 19.0 Å². The van der Waals surface area contributed by atoms with Crippen molar-refractivity contribution >= 4 is 5.97 Å². The quantitative estimate of drug-likeness (QED) is 0.452. The molecule has 0 spiro atoms. The highest BCUT2D eigenvalue weighted by Gasteiger charge is 2.36. The molecule has 1 aromatic rings. The predicted octanol–water partition coefficient (Wildman–Crippen LogP) is 2.16. The van der Waals surface area contributed by atoms with Gasteiger partial charge in [0.1, 0.15) is 0 Å². The molecule has 90 valence electrons. The summed E-state index contributed by atoms with van der Waals surface area (Å²) >= 11 is 0. The average molecular weight is 231 g/mol. The Bertz CT molecular complexity index is 413. The van der Waals surface area contributed by atoms with Crippen LogP contribution in [0.2, 0.25) is 0 Å². The van der Waals surface area contributed by atoms with Gasteiger partial charge in [0, 0.05) is 24.7 Å². The third kappa shape index (κ3) is 2.94. The van der Waals surface area contributed by atoms with E-state index in [1.54, 1.807) is 0 Å². The number of benzene rings is 1. The summed E-state index contributed by atoms with van der Waals surface area (Å²) < 4.78 is 4.56. The summed E-state index contributed by atoms with van der Waals surface area (Å²) in [6.45, 7) is 3.19. The van der Waals surface area contributed by atoms with Gasteiger partial charge in [0.15, 0.2) is 0 Å². The number of esters is 1. The first-order valence-electron chi connectivity index (χ1n) is 5.79. The Balaban J connectivity index is 1.91. The average Bonchev–Trinajstić information content (AvgIpc) is 3.15. The molecule has 1 heterocycles. The van der Waals surface area contributed by atoms with Crippen molar-refractivity contribution in [3.63, 3.8) is 0 Å². The van der Waals surface area contributed by atoms with Crippen molar-refractivity contribution in [1.82, 2.24) is 4.90 Å². The summed E-state index contributed by atoms with van der Waals surface area (Å²) in [5, 5.41) is 0. The molecule has 3 heteroatoms. The standard InChI is InChI=1S/C14H17NO2/c1-11(12-6-4-3-5-7-12)15-10-13(15)8-9-14(16)17-2/h3-9,11,13H,10H2,1-2H3/b9-8+/t11-,13+,15?/m0/s1. The van der Waals surface area contributed by atoms with Crippen LogP contribution in [0.5, 0.6) is 0 Å². The molecule has 1 aliphatic heterocycles.